The normalized spacial score (nSPS) is 22.9. The Bertz CT molecular complexity index is 298. The minimum atomic E-state index is 0.747. The minimum absolute atomic E-state index is 0.747. The summed E-state index contributed by atoms with van der Waals surface area (Å²) in [5.74, 6) is 1.49. The van der Waals surface area contributed by atoms with E-state index in [4.69, 9.17) is 0 Å². The summed E-state index contributed by atoms with van der Waals surface area (Å²) in [6.07, 6.45) is 9.87. The molecule has 1 aromatic rings. The van der Waals surface area contributed by atoms with Crippen molar-refractivity contribution >= 4 is 0 Å². The molecule has 2 aliphatic rings. The molecule has 2 saturated carbocycles. The summed E-state index contributed by atoms with van der Waals surface area (Å²) in [5, 5.41) is 0. The standard InChI is InChI=1S/C12H16N2/c1-3-9(4-1)11-7-12(14-8-13-11)10-5-2-6-10/h7-10H,1-6H2. The zero-order valence-electron chi connectivity index (χ0n) is 8.45. The number of aromatic nitrogens is 2. The molecule has 0 atom stereocenters. The molecular formula is C12H16N2. The maximum atomic E-state index is 4.39. The second kappa shape index (κ2) is 3.34. The molecule has 14 heavy (non-hydrogen) atoms. The van der Waals surface area contributed by atoms with Crippen molar-refractivity contribution in [2.24, 2.45) is 0 Å². The van der Waals surface area contributed by atoms with Crippen LogP contribution < -0.4 is 0 Å². The third-order valence-corrected chi connectivity index (χ3v) is 3.76. The predicted molar refractivity (Wildman–Crippen MR) is 55.2 cm³/mol. The molecule has 0 bridgehead atoms. The van der Waals surface area contributed by atoms with Gasteiger partial charge in [-0.3, -0.25) is 0 Å². The molecule has 1 heterocycles. The second-order valence-electron chi connectivity index (χ2n) is 4.62. The van der Waals surface area contributed by atoms with Crippen LogP contribution in [-0.2, 0) is 0 Å². The highest BCUT2D eigenvalue weighted by molar-refractivity contribution is 5.19. The fourth-order valence-corrected chi connectivity index (χ4v) is 2.24. The quantitative estimate of drug-likeness (QED) is 0.713. The highest BCUT2D eigenvalue weighted by atomic mass is 14.8. The lowest BCUT2D eigenvalue weighted by molar-refractivity contribution is 0.397. The van der Waals surface area contributed by atoms with Crippen LogP contribution in [0, 0.1) is 0 Å². The fraction of sp³-hybridized carbons (Fsp3) is 0.667. The molecule has 2 fully saturated rings. The Morgan fingerprint density at radius 3 is 1.71 bits per heavy atom. The Balaban J connectivity index is 1.82. The van der Waals surface area contributed by atoms with Gasteiger partial charge in [-0.25, -0.2) is 9.97 Å². The second-order valence-corrected chi connectivity index (χ2v) is 4.62. The number of nitrogens with zero attached hydrogens (tertiary/aromatic N) is 2. The fourth-order valence-electron chi connectivity index (χ4n) is 2.24. The van der Waals surface area contributed by atoms with Gasteiger partial charge in [0.25, 0.3) is 0 Å². The molecule has 74 valence electrons. The van der Waals surface area contributed by atoms with E-state index in [0.29, 0.717) is 0 Å². The van der Waals surface area contributed by atoms with E-state index in [1.807, 2.05) is 0 Å². The SMILES string of the molecule is c1nc(C2CCC2)cc(C2CCC2)n1. The summed E-state index contributed by atoms with van der Waals surface area (Å²) < 4.78 is 0. The van der Waals surface area contributed by atoms with E-state index < -0.39 is 0 Å². The Hall–Kier alpha value is -0.920. The van der Waals surface area contributed by atoms with Gasteiger partial charge in [0.1, 0.15) is 6.33 Å². The Morgan fingerprint density at radius 2 is 1.36 bits per heavy atom. The van der Waals surface area contributed by atoms with Crippen LogP contribution in [0.15, 0.2) is 12.4 Å². The molecule has 2 heteroatoms. The van der Waals surface area contributed by atoms with Crippen LogP contribution in [-0.4, -0.2) is 9.97 Å². The van der Waals surface area contributed by atoms with Crippen LogP contribution in [0.25, 0.3) is 0 Å². The molecule has 0 unspecified atom stereocenters. The van der Waals surface area contributed by atoms with Gasteiger partial charge in [-0.15, -0.1) is 0 Å². The smallest absolute Gasteiger partial charge is 0.115 e. The molecular weight excluding hydrogens is 172 g/mol. The van der Waals surface area contributed by atoms with E-state index in [1.165, 1.54) is 49.9 Å². The summed E-state index contributed by atoms with van der Waals surface area (Å²) in [7, 11) is 0. The van der Waals surface area contributed by atoms with Crippen LogP contribution in [0.5, 0.6) is 0 Å². The van der Waals surface area contributed by atoms with Gasteiger partial charge in [-0.1, -0.05) is 12.8 Å². The van der Waals surface area contributed by atoms with Gasteiger partial charge in [0.2, 0.25) is 0 Å². The third-order valence-electron chi connectivity index (χ3n) is 3.76. The van der Waals surface area contributed by atoms with Crippen molar-refractivity contribution in [1.82, 2.24) is 9.97 Å². The summed E-state index contributed by atoms with van der Waals surface area (Å²) >= 11 is 0. The van der Waals surface area contributed by atoms with Gasteiger partial charge < -0.3 is 0 Å². The summed E-state index contributed by atoms with van der Waals surface area (Å²) in [6, 6.07) is 2.26. The molecule has 2 aliphatic carbocycles. The van der Waals surface area contributed by atoms with Crippen molar-refractivity contribution in [1.29, 1.82) is 0 Å². The van der Waals surface area contributed by atoms with Gasteiger partial charge >= 0.3 is 0 Å². The van der Waals surface area contributed by atoms with E-state index in [9.17, 15) is 0 Å². The molecule has 2 nitrogen and oxygen atoms in total. The maximum absolute atomic E-state index is 4.39. The first-order valence-corrected chi connectivity index (χ1v) is 5.75. The van der Waals surface area contributed by atoms with E-state index in [1.54, 1.807) is 6.33 Å². The molecule has 3 rings (SSSR count). The van der Waals surface area contributed by atoms with Gasteiger partial charge in [0, 0.05) is 23.2 Å². The first kappa shape index (κ1) is 8.39. The lowest BCUT2D eigenvalue weighted by Gasteiger charge is -2.28. The lowest BCUT2D eigenvalue weighted by Crippen LogP contribution is -2.15. The van der Waals surface area contributed by atoms with Crippen molar-refractivity contribution in [3.05, 3.63) is 23.8 Å². The van der Waals surface area contributed by atoms with Gasteiger partial charge in [-0.2, -0.15) is 0 Å². The third kappa shape index (κ3) is 1.33. The highest BCUT2D eigenvalue weighted by Crippen LogP contribution is 2.38. The molecule has 0 amide bonds. The van der Waals surface area contributed by atoms with Gasteiger partial charge in [-0.05, 0) is 31.7 Å². The minimum Gasteiger partial charge on any atom is -0.241 e. The monoisotopic (exact) mass is 188 g/mol. The van der Waals surface area contributed by atoms with Crippen LogP contribution >= 0.6 is 0 Å². The van der Waals surface area contributed by atoms with Crippen molar-refractivity contribution in [2.45, 2.75) is 50.4 Å². The summed E-state index contributed by atoms with van der Waals surface area (Å²) in [5.41, 5.74) is 2.60. The van der Waals surface area contributed by atoms with Crippen molar-refractivity contribution < 1.29 is 0 Å². The van der Waals surface area contributed by atoms with Gasteiger partial charge in [0.05, 0.1) is 0 Å². The Morgan fingerprint density at radius 1 is 0.857 bits per heavy atom. The molecule has 0 spiro atoms. The maximum Gasteiger partial charge on any atom is 0.115 e. The van der Waals surface area contributed by atoms with Crippen molar-refractivity contribution in [2.75, 3.05) is 0 Å². The van der Waals surface area contributed by atoms with Crippen LogP contribution in [0.2, 0.25) is 0 Å². The predicted octanol–water partition coefficient (Wildman–Crippen LogP) is 3.01. The lowest BCUT2D eigenvalue weighted by atomic mass is 9.79. The zero-order chi connectivity index (χ0) is 9.38. The highest BCUT2D eigenvalue weighted by Gasteiger charge is 2.24. The number of hydrogen-bond donors (Lipinski definition) is 0. The summed E-state index contributed by atoms with van der Waals surface area (Å²) in [4.78, 5) is 8.78. The molecule has 0 aliphatic heterocycles. The first-order chi connectivity index (χ1) is 6.93. The average molecular weight is 188 g/mol. The Labute approximate surface area is 84.8 Å². The van der Waals surface area contributed by atoms with E-state index in [-0.39, 0.29) is 0 Å². The molecule has 0 N–H and O–H groups in total. The van der Waals surface area contributed by atoms with Crippen molar-refractivity contribution in [3.8, 4) is 0 Å². The van der Waals surface area contributed by atoms with E-state index in [2.05, 4.69) is 16.0 Å². The topological polar surface area (TPSA) is 25.8 Å². The largest absolute Gasteiger partial charge is 0.241 e. The average Bonchev–Trinajstić information content (AvgIpc) is 1.98. The zero-order valence-corrected chi connectivity index (χ0v) is 8.45. The van der Waals surface area contributed by atoms with Crippen LogP contribution in [0.3, 0.4) is 0 Å². The van der Waals surface area contributed by atoms with Crippen LogP contribution in [0.1, 0.15) is 61.7 Å². The first-order valence-electron chi connectivity index (χ1n) is 5.75. The number of hydrogen-bond acceptors (Lipinski definition) is 2. The molecule has 1 aromatic heterocycles. The van der Waals surface area contributed by atoms with E-state index >= 15 is 0 Å². The summed E-state index contributed by atoms with van der Waals surface area (Å²) in [6.45, 7) is 0. The van der Waals surface area contributed by atoms with Crippen LogP contribution in [0.4, 0.5) is 0 Å². The van der Waals surface area contributed by atoms with Gasteiger partial charge in [0.15, 0.2) is 0 Å². The molecule has 0 saturated heterocycles. The molecule has 0 aromatic carbocycles. The van der Waals surface area contributed by atoms with E-state index in [0.717, 1.165) is 11.8 Å². The number of rotatable bonds is 2. The molecule has 0 radical (unpaired) electrons. The Kier molecular flexibility index (Phi) is 2.00. The van der Waals surface area contributed by atoms with Crippen molar-refractivity contribution in [3.63, 3.8) is 0 Å².